The molecule has 0 radical (unpaired) electrons. The molecule has 0 N–H and O–H groups in total. The third-order valence-corrected chi connectivity index (χ3v) is 12.6. The minimum Gasteiger partial charge on any atom is -0.292 e. The zero-order valence-corrected chi connectivity index (χ0v) is 22.6. The number of hydrogen-bond acceptors (Lipinski definition) is 3. The first-order valence-corrected chi connectivity index (χ1v) is 15.8. The van der Waals surface area contributed by atoms with Gasteiger partial charge >= 0.3 is 0 Å². The Kier molecular flexibility index (Phi) is 4.97. The van der Waals surface area contributed by atoms with E-state index in [9.17, 15) is 0 Å². The lowest BCUT2D eigenvalue weighted by Crippen LogP contribution is -2.25. The highest BCUT2D eigenvalue weighted by Gasteiger charge is 2.27. The molecule has 0 saturated carbocycles. The Labute approximate surface area is 230 Å². The number of fused-ring (bicyclic) bond motifs is 9. The quantitative estimate of drug-likeness (QED) is 0.179. The maximum Gasteiger partial charge on any atom is 0.146 e. The molecule has 0 fully saturated rings. The minimum atomic E-state index is -2.42. The average Bonchev–Trinajstić information content (AvgIpc) is 3.41. The van der Waals surface area contributed by atoms with Crippen LogP contribution in [-0.2, 0) is 11.8 Å². The molecule has 3 heterocycles. The molecular weight excluding hydrogens is 513 g/mol. The standard InChI is InChI=1S/C34H22N3PS/c39-38(24-11-2-1-3-12-24,26-20-23-10-4-6-14-30(23)35-22-26)25-18-19-27-28-13-5-8-16-32(28)37-33-17-9-7-15-31(33)36-34(37)29(27)21-25/h1-22H. The van der Waals surface area contributed by atoms with E-state index in [0.717, 1.165) is 54.4 Å². The van der Waals surface area contributed by atoms with Gasteiger partial charge in [-0.05, 0) is 52.4 Å². The van der Waals surface area contributed by atoms with Gasteiger partial charge in [0.05, 0.1) is 22.1 Å². The van der Waals surface area contributed by atoms with Gasteiger partial charge in [0.15, 0.2) is 0 Å². The van der Waals surface area contributed by atoms with Crippen molar-refractivity contribution in [2.24, 2.45) is 0 Å². The molecule has 0 aliphatic carbocycles. The van der Waals surface area contributed by atoms with Crippen molar-refractivity contribution in [3.8, 4) is 0 Å². The summed E-state index contributed by atoms with van der Waals surface area (Å²) >= 11 is 6.75. The van der Waals surface area contributed by atoms with E-state index in [4.69, 9.17) is 21.8 Å². The van der Waals surface area contributed by atoms with E-state index in [1.165, 1.54) is 10.8 Å². The van der Waals surface area contributed by atoms with E-state index in [1.54, 1.807) is 0 Å². The molecule has 3 aromatic heterocycles. The Hall–Kier alpha value is -4.37. The number of nitrogens with zero attached hydrogens (tertiary/aromatic N) is 3. The van der Waals surface area contributed by atoms with Gasteiger partial charge in [0.2, 0.25) is 0 Å². The highest BCUT2D eigenvalue weighted by atomic mass is 32.4. The Morgan fingerprint density at radius 1 is 0.538 bits per heavy atom. The summed E-state index contributed by atoms with van der Waals surface area (Å²) in [5, 5.41) is 7.99. The third kappa shape index (κ3) is 3.32. The van der Waals surface area contributed by atoms with Crippen molar-refractivity contribution in [3.63, 3.8) is 0 Å². The molecule has 1 atom stereocenters. The fourth-order valence-corrected chi connectivity index (χ4v) is 9.44. The summed E-state index contributed by atoms with van der Waals surface area (Å²) in [6.45, 7) is 0. The van der Waals surface area contributed by atoms with Gasteiger partial charge in [-0.2, -0.15) is 0 Å². The van der Waals surface area contributed by atoms with Gasteiger partial charge < -0.3 is 0 Å². The van der Waals surface area contributed by atoms with Crippen LogP contribution < -0.4 is 15.9 Å². The molecule has 0 aliphatic heterocycles. The monoisotopic (exact) mass is 535 g/mol. The summed E-state index contributed by atoms with van der Waals surface area (Å²) < 4.78 is 2.29. The molecule has 5 aromatic carbocycles. The van der Waals surface area contributed by atoms with E-state index in [2.05, 4.69) is 108 Å². The van der Waals surface area contributed by atoms with Crippen LogP contribution in [0.3, 0.4) is 0 Å². The fraction of sp³-hybridized carbons (Fsp3) is 0. The van der Waals surface area contributed by atoms with E-state index in [-0.39, 0.29) is 0 Å². The molecule has 0 aliphatic rings. The number of benzene rings is 5. The molecular formula is C34H22N3PS. The van der Waals surface area contributed by atoms with Gasteiger partial charge in [-0.15, -0.1) is 0 Å². The second-order valence-electron chi connectivity index (χ2n) is 9.84. The minimum absolute atomic E-state index is 0.956. The summed E-state index contributed by atoms with van der Waals surface area (Å²) in [4.78, 5) is 9.96. The Balaban J connectivity index is 1.49. The lowest BCUT2D eigenvalue weighted by atomic mass is 10.1. The van der Waals surface area contributed by atoms with Crippen LogP contribution >= 0.6 is 6.04 Å². The van der Waals surface area contributed by atoms with Crippen molar-refractivity contribution in [2.45, 2.75) is 0 Å². The molecule has 39 heavy (non-hydrogen) atoms. The summed E-state index contributed by atoms with van der Waals surface area (Å²) in [6, 6.07) is 42.3. The number of imidazole rings is 1. The molecule has 1 unspecified atom stereocenters. The number of para-hydroxylation sites is 4. The van der Waals surface area contributed by atoms with Crippen molar-refractivity contribution < 1.29 is 0 Å². The number of rotatable bonds is 3. The molecule has 8 aromatic rings. The van der Waals surface area contributed by atoms with E-state index in [1.807, 2.05) is 30.5 Å². The second-order valence-corrected chi connectivity index (χ2v) is 14.2. The van der Waals surface area contributed by atoms with Crippen LogP contribution in [0.15, 0.2) is 134 Å². The SMILES string of the molecule is S=P(c1ccccc1)(c1cnc2ccccc2c1)c1ccc2c3ccccc3n3c4ccccc4nc3c2c1. The Morgan fingerprint density at radius 3 is 2.13 bits per heavy atom. The second kappa shape index (κ2) is 8.57. The third-order valence-electron chi connectivity index (χ3n) is 7.66. The molecule has 3 nitrogen and oxygen atoms in total. The molecule has 5 heteroatoms. The first-order valence-electron chi connectivity index (χ1n) is 13.0. The maximum absolute atomic E-state index is 6.75. The van der Waals surface area contributed by atoms with Crippen LogP contribution in [0.2, 0.25) is 0 Å². The van der Waals surface area contributed by atoms with Crippen molar-refractivity contribution in [1.82, 2.24) is 14.4 Å². The highest BCUT2D eigenvalue weighted by Crippen LogP contribution is 2.44. The van der Waals surface area contributed by atoms with Crippen molar-refractivity contribution in [1.29, 1.82) is 0 Å². The predicted octanol–water partition coefficient (Wildman–Crippen LogP) is 7.10. The molecule has 0 saturated heterocycles. The van der Waals surface area contributed by atoms with E-state index >= 15 is 0 Å². The van der Waals surface area contributed by atoms with Crippen LogP contribution in [0.5, 0.6) is 0 Å². The van der Waals surface area contributed by atoms with E-state index in [0.29, 0.717) is 0 Å². The average molecular weight is 536 g/mol. The van der Waals surface area contributed by atoms with Crippen LogP contribution in [-0.4, -0.2) is 14.4 Å². The van der Waals surface area contributed by atoms with Crippen LogP contribution in [0.4, 0.5) is 0 Å². The number of aromatic nitrogens is 3. The van der Waals surface area contributed by atoms with Crippen LogP contribution in [0, 0.1) is 0 Å². The lowest BCUT2D eigenvalue weighted by molar-refractivity contribution is 1.32. The van der Waals surface area contributed by atoms with Gasteiger partial charge in [0.1, 0.15) is 5.65 Å². The summed E-state index contributed by atoms with van der Waals surface area (Å²) in [5.41, 5.74) is 5.19. The fourth-order valence-electron chi connectivity index (χ4n) is 5.81. The van der Waals surface area contributed by atoms with Crippen molar-refractivity contribution >= 4 is 83.0 Å². The first-order chi connectivity index (χ1) is 19.2. The molecule has 0 amide bonds. The summed E-state index contributed by atoms with van der Waals surface area (Å²) in [6.07, 6.45) is 1.99. The van der Waals surface area contributed by atoms with E-state index < -0.39 is 6.04 Å². The van der Waals surface area contributed by atoms with Crippen LogP contribution in [0.25, 0.3) is 49.3 Å². The Morgan fingerprint density at radius 2 is 1.26 bits per heavy atom. The zero-order valence-electron chi connectivity index (χ0n) is 20.9. The molecule has 0 spiro atoms. The normalized spacial score (nSPS) is 13.4. The summed E-state index contributed by atoms with van der Waals surface area (Å²) in [5.74, 6) is 0. The van der Waals surface area contributed by atoms with Crippen LogP contribution in [0.1, 0.15) is 0 Å². The Bertz CT molecular complexity index is 2270. The maximum atomic E-state index is 6.75. The van der Waals surface area contributed by atoms with Gasteiger partial charge in [-0.1, -0.05) is 103 Å². The molecule has 184 valence electrons. The summed E-state index contributed by atoms with van der Waals surface area (Å²) in [7, 11) is 0. The smallest absolute Gasteiger partial charge is 0.146 e. The number of hydrogen-bond donors (Lipinski definition) is 0. The van der Waals surface area contributed by atoms with Gasteiger partial charge in [0.25, 0.3) is 0 Å². The van der Waals surface area contributed by atoms with Crippen molar-refractivity contribution in [3.05, 3.63) is 134 Å². The molecule has 0 bridgehead atoms. The topological polar surface area (TPSA) is 30.2 Å². The highest BCUT2D eigenvalue weighted by molar-refractivity contribution is 8.25. The largest absolute Gasteiger partial charge is 0.292 e. The number of pyridine rings is 2. The van der Waals surface area contributed by atoms with Crippen molar-refractivity contribution in [2.75, 3.05) is 0 Å². The van der Waals surface area contributed by atoms with Gasteiger partial charge in [-0.25, -0.2) is 4.98 Å². The lowest BCUT2D eigenvalue weighted by Gasteiger charge is -2.24. The van der Waals surface area contributed by atoms with Gasteiger partial charge in [-0.3, -0.25) is 9.38 Å². The zero-order chi connectivity index (χ0) is 26.0. The first kappa shape index (κ1) is 22.6. The molecule has 8 rings (SSSR count). The predicted molar refractivity (Wildman–Crippen MR) is 169 cm³/mol. The van der Waals surface area contributed by atoms with Gasteiger partial charge in [0, 0.05) is 33.7 Å².